The van der Waals surface area contributed by atoms with Crippen molar-refractivity contribution in [2.24, 2.45) is 0 Å². The molecule has 0 amide bonds. The fourth-order valence-corrected chi connectivity index (χ4v) is 2.17. The van der Waals surface area contributed by atoms with Gasteiger partial charge in [-0.15, -0.1) is 0 Å². The van der Waals surface area contributed by atoms with Gasteiger partial charge in [0.15, 0.2) is 0 Å². The molecule has 2 rings (SSSR count). The van der Waals surface area contributed by atoms with Gasteiger partial charge in [0.2, 0.25) is 0 Å². The molecule has 3 nitrogen and oxygen atoms in total. The molecule has 0 aromatic heterocycles. The maximum atomic E-state index is 9.06. The molecule has 0 bridgehead atoms. The van der Waals surface area contributed by atoms with E-state index in [1.807, 2.05) is 12.1 Å². The Kier molecular flexibility index (Phi) is 4.96. The number of benzene rings is 2. The molecule has 0 atom stereocenters. The Morgan fingerprint density at radius 1 is 0.850 bits per heavy atom. The van der Waals surface area contributed by atoms with Gasteiger partial charge in [0.25, 0.3) is 0 Å². The van der Waals surface area contributed by atoms with Gasteiger partial charge in [0, 0.05) is 13.1 Å². The van der Waals surface area contributed by atoms with Crippen molar-refractivity contribution in [1.29, 1.82) is 0 Å². The van der Waals surface area contributed by atoms with Crippen LogP contribution in [-0.2, 0) is 13.1 Å². The van der Waals surface area contributed by atoms with Gasteiger partial charge in [-0.05, 0) is 30.6 Å². The number of hydrogen-bond donors (Lipinski definition) is 2. The standard InChI is InChI=1S/C16H20BNO2/c1-13-3-5-14(6-4-13)11-18(2)12-15-7-9-16(10-8-15)17(19)20/h3-10,19-20H,11-12H2,1-2H3. The van der Waals surface area contributed by atoms with E-state index >= 15 is 0 Å². The third-order valence-electron chi connectivity index (χ3n) is 3.30. The lowest BCUT2D eigenvalue weighted by atomic mass is 9.80. The molecule has 2 aromatic carbocycles. The molecule has 0 aliphatic heterocycles. The van der Waals surface area contributed by atoms with Crippen molar-refractivity contribution >= 4 is 12.6 Å². The average molecular weight is 269 g/mol. The number of hydrogen-bond acceptors (Lipinski definition) is 3. The molecule has 2 aromatic rings. The minimum absolute atomic E-state index is 0.523. The third-order valence-corrected chi connectivity index (χ3v) is 3.30. The van der Waals surface area contributed by atoms with Gasteiger partial charge in [-0.25, -0.2) is 0 Å². The lowest BCUT2D eigenvalue weighted by Gasteiger charge is -2.17. The summed E-state index contributed by atoms with van der Waals surface area (Å²) in [7, 11) is 0.684. The molecule has 0 spiro atoms. The van der Waals surface area contributed by atoms with E-state index in [4.69, 9.17) is 10.0 Å². The van der Waals surface area contributed by atoms with Gasteiger partial charge < -0.3 is 10.0 Å². The number of aryl methyl sites for hydroxylation is 1. The Morgan fingerprint density at radius 2 is 1.30 bits per heavy atom. The zero-order valence-corrected chi connectivity index (χ0v) is 12.0. The van der Waals surface area contributed by atoms with Crippen LogP contribution in [0.5, 0.6) is 0 Å². The molecule has 0 heterocycles. The van der Waals surface area contributed by atoms with Crippen molar-refractivity contribution in [3.63, 3.8) is 0 Å². The molecule has 0 saturated carbocycles. The van der Waals surface area contributed by atoms with Gasteiger partial charge in [-0.3, -0.25) is 4.90 Å². The monoisotopic (exact) mass is 269 g/mol. The van der Waals surface area contributed by atoms with Gasteiger partial charge in [0.05, 0.1) is 0 Å². The Balaban J connectivity index is 1.93. The fraction of sp³-hybridized carbons (Fsp3) is 0.250. The summed E-state index contributed by atoms with van der Waals surface area (Å²) < 4.78 is 0. The number of nitrogens with zero attached hydrogens (tertiary/aromatic N) is 1. The zero-order chi connectivity index (χ0) is 14.5. The molecular formula is C16H20BNO2. The lowest BCUT2D eigenvalue weighted by molar-refractivity contribution is 0.319. The zero-order valence-electron chi connectivity index (χ0n) is 12.0. The Bertz CT molecular complexity index is 537. The van der Waals surface area contributed by atoms with Crippen LogP contribution in [0.4, 0.5) is 0 Å². The second kappa shape index (κ2) is 6.70. The summed E-state index contributed by atoms with van der Waals surface area (Å²) in [5.74, 6) is 0. The van der Waals surface area contributed by atoms with Crippen LogP contribution in [0.2, 0.25) is 0 Å². The van der Waals surface area contributed by atoms with E-state index in [9.17, 15) is 0 Å². The summed E-state index contributed by atoms with van der Waals surface area (Å²) in [5.41, 5.74) is 4.24. The average Bonchev–Trinajstić information content (AvgIpc) is 2.42. The molecule has 0 aliphatic carbocycles. The molecule has 0 aliphatic rings. The first-order valence-electron chi connectivity index (χ1n) is 6.73. The summed E-state index contributed by atoms with van der Waals surface area (Å²) in [6, 6.07) is 15.9. The minimum Gasteiger partial charge on any atom is -0.423 e. The van der Waals surface area contributed by atoms with E-state index in [1.165, 1.54) is 11.1 Å². The van der Waals surface area contributed by atoms with Crippen molar-refractivity contribution in [2.45, 2.75) is 20.0 Å². The van der Waals surface area contributed by atoms with Crippen LogP contribution in [0, 0.1) is 6.92 Å². The fourth-order valence-electron chi connectivity index (χ4n) is 2.17. The Hall–Kier alpha value is -1.62. The minimum atomic E-state index is -1.39. The summed E-state index contributed by atoms with van der Waals surface area (Å²) in [4.78, 5) is 2.23. The maximum Gasteiger partial charge on any atom is 0.488 e. The first kappa shape index (κ1) is 14.8. The first-order chi connectivity index (χ1) is 9.54. The summed E-state index contributed by atoms with van der Waals surface area (Å²) in [5, 5.41) is 18.1. The third kappa shape index (κ3) is 4.20. The molecule has 0 saturated heterocycles. The first-order valence-corrected chi connectivity index (χ1v) is 6.73. The Labute approximate surface area is 120 Å². The van der Waals surface area contributed by atoms with E-state index in [0.29, 0.717) is 5.46 Å². The number of rotatable bonds is 5. The second-order valence-electron chi connectivity index (χ2n) is 5.27. The van der Waals surface area contributed by atoms with Crippen molar-refractivity contribution in [3.05, 3.63) is 65.2 Å². The van der Waals surface area contributed by atoms with Crippen LogP contribution in [-0.4, -0.2) is 29.1 Å². The van der Waals surface area contributed by atoms with Crippen LogP contribution in [0.25, 0.3) is 0 Å². The molecule has 4 heteroatoms. The van der Waals surface area contributed by atoms with Crippen LogP contribution < -0.4 is 5.46 Å². The van der Waals surface area contributed by atoms with E-state index < -0.39 is 7.12 Å². The highest BCUT2D eigenvalue weighted by Gasteiger charge is 2.10. The van der Waals surface area contributed by atoms with E-state index in [-0.39, 0.29) is 0 Å². The SMILES string of the molecule is Cc1ccc(CN(C)Cc2ccc(B(O)O)cc2)cc1. The van der Waals surface area contributed by atoms with Crippen molar-refractivity contribution in [3.8, 4) is 0 Å². The van der Waals surface area contributed by atoms with Crippen molar-refractivity contribution in [2.75, 3.05) is 7.05 Å². The highest BCUT2D eigenvalue weighted by atomic mass is 16.4. The molecule has 20 heavy (non-hydrogen) atoms. The van der Waals surface area contributed by atoms with Crippen LogP contribution in [0.3, 0.4) is 0 Å². The highest BCUT2D eigenvalue weighted by Crippen LogP contribution is 2.09. The molecular weight excluding hydrogens is 249 g/mol. The maximum absolute atomic E-state index is 9.06. The van der Waals surface area contributed by atoms with Crippen molar-refractivity contribution in [1.82, 2.24) is 4.90 Å². The lowest BCUT2D eigenvalue weighted by Crippen LogP contribution is -2.29. The summed E-state index contributed by atoms with van der Waals surface area (Å²) >= 11 is 0. The molecule has 2 N–H and O–H groups in total. The van der Waals surface area contributed by atoms with E-state index in [2.05, 4.69) is 43.1 Å². The molecule has 0 radical (unpaired) electrons. The van der Waals surface area contributed by atoms with Crippen LogP contribution in [0.15, 0.2) is 48.5 Å². The van der Waals surface area contributed by atoms with Crippen LogP contribution >= 0.6 is 0 Å². The topological polar surface area (TPSA) is 43.7 Å². The van der Waals surface area contributed by atoms with E-state index in [1.54, 1.807) is 12.1 Å². The normalized spacial score (nSPS) is 10.8. The van der Waals surface area contributed by atoms with Gasteiger partial charge >= 0.3 is 7.12 Å². The molecule has 104 valence electrons. The molecule has 0 unspecified atom stereocenters. The predicted octanol–water partition coefficient (Wildman–Crippen LogP) is 1.31. The Morgan fingerprint density at radius 3 is 1.75 bits per heavy atom. The summed E-state index contributed by atoms with van der Waals surface area (Å²) in [6.45, 7) is 3.81. The second-order valence-corrected chi connectivity index (χ2v) is 5.27. The van der Waals surface area contributed by atoms with E-state index in [0.717, 1.165) is 18.7 Å². The quantitative estimate of drug-likeness (QED) is 0.804. The van der Waals surface area contributed by atoms with Crippen molar-refractivity contribution < 1.29 is 10.0 Å². The van der Waals surface area contributed by atoms with Gasteiger partial charge in [-0.1, -0.05) is 54.1 Å². The smallest absolute Gasteiger partial charge is 0.423 e. The van der Waals surface area contributed by atoms with Gasteiger partial charge in [0.1, 0.15) is 0 Å². The largest absolute Gasteiger partial charge is 0.488 e. The summed E-state index contributed by atoms with van der Waals surface area (Å²) in [6.07, 6.45) is 0. The van der Waals surface area contributed by atoms with Gasteiger partial charge in [-0.2, -0.15) is 0 Å². The highest BCUT2D eigenvalue weighted by molar-refractivity contribution is 6.58. The van der Waals surface area contributed by atoms with Crippen LogP contribution in [0.1, 0.15) is 16.7 Å². The predicted molar refractivity (Wildman–Crippen MR) is 82.6 cm³/mol. The molecule has 0 fully saturated rings.